The molecule has 0 unspecified atom stereocenters. The molecule has 4 nitrogen and oxygen atoms in total. The van der Waals surface area contributed by atoms with Gasteiger partial charge in [-0.05, 0) is 45.9 Å². The molecule has 0 saturated heterocycles. The van der Waals surface area contributed by atoms with E-state index in [9.17, 15) is 9.59 Å². The van der Waals surface area contributed by atoms with Crippen molar-refractivity contribution in [1.29, 1.82) is 0 Å². The quantitative estimate of drug-likeness (QED) is 0.848. The highest BCUT2D eigenvalue weighted by molar-refractivity contribution is 5.94. The van der Waals surface area contributed by atoms with E-state index >= 15 is 0 Å². The topological polar surface area (TPSA) is 55.4 Å². The maximum atomic E-state index is 11.9. The van der Waals surface area contributed by atoms with Crippen LogP contribution < -0.4 is 10.1 Å². The zero-order valence-corrected chi connectivity index (χ0v) is 12.2. The van der Waals surface area contributed by atoms with Crippen LogP contribution in [-0.4, -0.2) is 24.3 Å². The summed E-state index contributed by atoms with van der Waals surface area (Å²) >= 11 is 0. The van der Waals surface area contributed by atoms with Gasteiger partial charge < -0.3 is 10.1 Å². The van der Waals surface area contributed by atoms with E-state index in [1.54, 1.807) is 25.3 Å². The Kier molecular flexibility index (Phi) is 4.70. The number of ketones is 1. The first kappa shape index (κ1) is 15.2. The van der Waals surface area contributed by atoms with Gasteiger partial charge in [0.1, 0.15) is 5.75 Å². The first-order chi connectivity index (χ1) is 8.73. The molecule has 1 aromatic rings. The number of amides is 1. The van der Waals surface area contributed by atoms with Gasteiger partial charge >= 0.3 is 0 Å². The van der Waals surface area contributed by atoms with Crippen molar-refractivity contribution in [3.63, 3.8) is 0 Å². The summed E-state index contributed by atoms with van der Waals surface area (Å²) in [5, 5.41) is 2.89. The molecule has 0 fully saturated rings. The minimum absolute atomic E-state index is 0.0277. The molecule has 0 aliphatic heterocycles. The van der Waals surface area contributed by atoms with Crippen molar-refractivity contribution in [2.45, 2.75) is 39.7 Å². The fourth-order valence-electron chi connectivity index (χ4n) is 1.77. The molecule has 19 heavy (non-hydrogen) atoms. The van der Waals surface area contributed by atoms with E-state index in [0.29, 0.717) is 11.3 Å². The maximum Gasteiger partial charge on any atom is 0.224 e. The standard InChI is InChI=1S/C15H21NO3/c1-10(17)11-6-7-13(19-5)12(8-11)9-14(18)16-15(2,3)4/h6-8H,9H2,1-5H3,(H,16,18). The van der Waals surface area contributed by atoms with Gasteiger partial charge in [0.15, 0.2) is 5.78 Å². The Morgan fingerprint density at radius 1 is 1.26 bits per heavy atom. The molecule has 1 N–H and O–H groups in total. The van der Waals surface area contributed by atoms with Crippen molar-refractivity contribution in [2.24, 2.45) is 0 Å². The molecule has 0 spiro atoms. The van der Waals surface area contributed by atoms with Crippen molar-refractivity contribution >= 4 is 11.7 Å². The number of ether oxygens (including phenoxy) is 1. The minimum atomic E-state index is -0.275. The molecule has 1 amide bonds. The lowest BCUT2D eigenvalue weighted by Crippen LogP contribution is -2.41. The van der Waals surface area contributed by atoms with Crippen LogP contribution in [0.4, 0.5) is 0 Å². The normalized spacial score (nSPS) is 11.0. The number of methoxy groups -OCH3 is 1. The molecular formula is C15H21NO3. The summed E-state index contributed by atoms with van der Waals surface area (Å²) in [6, 6.07) is 5.13. The third kappa shape index (κ3) is 4.73. The lowest BCUT2D eigenvalue weighted by Gasteiger charge is -2.21. The molecule has 0 aliphatic rings. The highest BCUT2D eigenvalue weighted by atomic mass is 16.5. The van der Waals surface area contributed by atoms with Crippen molar-refractivity contribution in [3.8, 4) is 5.75 Å². The monoisotopic (exact) mass is 263 g/mol. The Labute approximate surface area is 114 Å². The zero-order valence-electron chi connectivity index (χ0n) is 12.2. The minimum Gasteiger partial charge on any atom is -0.496 e. The second-order valence-corrected chi connectivity index (χ2v) is 5.56. The molecule has 0 bridgehead atoms. The van der Waals surface area contributed by atoms with Crippen LogP contribution in [0.1, 0.15) is 43.6 Å². The molecule has 0 radical (unpaired) electrons. The van der Waals surface area contributed by atoms with Crippen LogP contribution in [0.5, 0.6) is 5.75 Å². The van der Waals surface area contributed by atoms with Crippen molar-refractivity contribution in [1.82, 2.24) is 5.32 Å². The van der Waals surface area contributed by atoms with Crippen LogP contribution in [0.15, 0.2) is 18.2 Å². The van der Waals surface area contributed by atoms with E-state index in [-0.39, 0.29) is 23.7 Å². The van der Waals surface area contributed by atoms with Crippen LogP contribution in [-0.2, 0) is 11.2 Å². The summed E-state index contributed by atoms with van der Waals surface area (Å²) in [6.07, 6.45) is 0.196. The van der Waals surface area contributed by atoms with Crippen LogP contribution in [0.25, 0.3) is 0 Å². The first-order valence-corrected chi connectivity index (χ1v) is 6.22. The van der Waals surface area contributed by atoms with Crippen molar-refractivity contribution in [3.05, 3.63) is 29.3 Å². The predicted molar refractivity (Wildman–Crippen MR) is 74.6 cm³/mol. The van der Waals surface area contributed by atoms with E-state index in [4.69, 9.17) is 4.74 Å². The molecule has 0 aliphatic carbocycles. The molecule has 4 heteroatoms. The summed E-state index contributed by atoms with van der Waals surface area (Å²) in [5.41, 5.74) is 1.03. The summed E-state index contributed by atoms with van der Waals surface area (Å²) in [4.78, 5) is 23.3. The summed E-state index contributed by atoms with van der Waals surface area (Å²) in [7, 11) is 1.55. The number of Topliss-reactive ketones (excluding diaryl/α,β-unsaturated/α-hetero) is 1. The number of benzene rings is 1. The van der Waals surface area contributed by atoms with Gasteiger partial charge in [0.2, 0.25) is 5.91 Å². The molecule has 0 saturated carbocycles. The molecule has 1 rings (SSSR count). The van der Waals surface area contributed by atoms with E-state index < -0.39 is 0 Å². The number of hydrogen-bond donors (Lipinski definition) is 1. The van der Waals surface area contributed by atoms with E-state index in [1.165, 1.54) is 6.92 Å². The van der Waals surface area contributed by atoms with Gasteiger partial charge in [0.25, 0.3) is 0 Å². The van der Waals surface area contributed by atoms with Gasteiger partial charge in [-0.25, -0.2) is 0 Å². The molecule has 0 heterocycles. The summed E-state index contributed by atoms with van der Waals surface area (Å²) in [5.74, 6) is 0.501. The second kappa shape index (κ2) is 5.87. The summed E-state index contributed by atoms with van der Waals surface area (Å²) < 4.78 is 5.22. The molecule has 104 valence electrons. The Morgan fingerprint density at radius 2 is 1.89 bits per heavy atom. The number of hydrogen-bond acceptors (Lipinski definition) is 3. The Bertz CT molecular complexity index is 487. The number of rotatable bonds is 4. The van der Waals surface area contributed by atoms with Crippen LogP contribution in [0.3, 0.4) is 0 Å². The Hall–Kier alpha value is -1.84. The zero-order chi connectivity index (χ0) is 14.6. The fraction of sp³-hybridized carbons (Fsp3) is 0.467. The second-order valence-electron chi connectivity index (χ2n) is 5.56. The van der Waals surface area contributed by atoms with Gasteiger partial charge in [-0.1, -0.05) is 0 Å². The average Bonchev–Trinajstić information content (AvgIpc) is 2.26. The fourth-order valence-corrected chi connectivity index (χ4v) is 1.77. The van der Waals surface area contributed by atoms with Gasteiger partial charge in [0.05, 0.1) is 13.5 Å². The number of carbonyl (C=O) groups is 2. The SMILES string of the molecule is COc1ccc(C(C)=O)cc1CC(=O)NC(C)(C)C. The van der Waals surface area contributed by atoms with Gasteiger partial charge in [-0.15, -0.1) is 0 Å². The molecular weight excluding hydrogens is 242 g/mol. The van der Waals surface area contributed by atoms with E-state index in [0.717, 1.165) is 5.56 Å². The molecule has 1 aromatic carbocycles. The number of carbonyl (C=O) groups excluding carboxylic acids is 2. The predicted octanol–water partition coefficient (Wildman–Crippen LogP) is 2.36. The van der Waals surface area contributed by atoms with Crippen LogP contribution in [0.2, 0.25) is 0 Å². The Balaban J connectivity index is 2.95. The number of nitrogens with one attached hydrogen (secondary N) is 1. The average molecular weight is 263 g/mol. The lowest BCUT2D eigenvalue weighted by molar-refractivity contribution is -0.121. The third-order valence-corrected chi connectivity index (χ3v) is 2.55. The molecule has 0 atom stereocenters. The van der Waals surface area contributed by atoms with Crippen molar-refractivity contribution < 1.29 is 14.3 Å². The van der Waals surface area contributed by atoms with Crippen LogP contribution >= 0.6 is 0 Å². The largest absolute Gasteiger partial charge is 0.496 e. The smallest absolute Gasteiger partial charge is 0.224 e. The van der Waals surface area contributed by atoms with Gasteiger partial charge in [0, 0.05) is 16.7 Å². The van der Waals surface area contributed by atoms with E-state index in [1.807, 2.05) is 20.8 Å². The van der Waals surface area contributed by atoms with Gasteiger partial charge in [-0.3, -0.25) is 9.59 Å². The third-order valence-electron chi connectivity index (χ3n) is 2.55. The molecule has 0 aromatic heterocycles. The lowest BCUT2D eigenvalue weighted by atomic mass is 10.0. The first-order valence-electron chi connectivity index (χ1n) is 6.22. The highest BCUT2D eigenvalue weighted by Gasteiger charge is 2.16. The van der Waals surface area contributed by atoms with E-state index in [2.05, 4.69) is 5.32 Å². The maximum absolute atomic E-state index is 11.9. The van der Waals surface area contributed by atoms with Gasteiger partial charge in [-0.2, -0.15) is 0 Å². The highest BCUT2D eigenvalue weighted by Crippen LogP contribution is 2.21. The van der Waals surface area contributed by atoms with Crippen molar-refractivity contribution in [2.75, 3.05) is 7.11 Å². The Morgan fingerprint density at radius 3 is 2.37 bits per heavy atom. The van der Waals surface area contributed by atoms with Crippen LogP contribution in [0, 0.1) is 0 Å². The summed E-state index contributed by atoms with van der Waals surface area (Å²) in [6.45, 7) is 7.27.